The Morgan fingerprint density at radius 2 is 2.09 bits per heavy atom. The van der Waals surface area contributed by atoms with Gasteiger partial charge in [-0.3, -0.25) is 9.98 Å². The van der Waals surface area contributed by atoms with Gasteiger partial charge in [-0.2, -0.15) is 0 Å². The molecule has 0 spiro atoms. The number of rotatable bonds is 3. The molecule has 122 valence electrons. The van der Waals surface area contributed by atoms with Gasteiger partial charge < -0.3 is 10.8 Å². The smallest absolute Gasteiger partial charge is 0.150 e. The maximum absolute atomic E-state index is 14.4. The Balaban J connectivity index is 2.81. The molecule has 2 rings (SSSR count). The standard InChI is InChI=1S/C17H19ClFN3O/c1-5-13(20)15(21-4)9-6-10-14(18)11(17(2,3)23)8-22-16(10)12(19)7-9/h5-8,23H,20H2,1-4H3/b13-5+,21-15?. The van der Waals surface area contributed by atoms with Crippen molar-refractivity contribution in [3.05, 3.63) is 52.1 Å². The van der Waals surface area contributed by atoms with Gasteiger partial charge in [0.25, 0.3) is 0 Å². The van der Waals surface area contributed by atoms with E-state index in [9.17, 15) is 9.50 Å². The van der Waals surface area contributed by atoms with Crippen molar-refractivity contribution in [1.82, 2.24) is 4.98 Å². The molecular weight excluding hydrogens is 317 g/mol. The van der Waals surface area contributed by atoms with Crippen LogP contribution in [0.25, 0.3) is 10.9 Å². The number of nitrogens with zero attached hydrogens (tertiary/aromatic N) is 2. The van der Waals surface area contributed by atoms with Gasteiger partial charge in [0.2, 0.25) is 0 Å². The monoisotopic (exact) mass is 335 g/mol. The van der Waals surface area contributed by atoms with Crippen LogP contribution < -0.4 is 5.73 Å². The summed E-state index contributed by atoms with van der Waals surface area (Å²) in [4.78, 5) is 8.22. The first kappa shape index (κ1) is 17.4. The summed E-state index contributed by atoms with van der Waals surface area (Å²) in [6.45, 7) is 4.97. The fourth-order valence-electron chi connectivity index (χ4n) is 2.35. The van der Waals surface area contributed by atoms with E-state index in [1.54, 1.807) is 40.0 Å². The molecule has 1 aromatic heterocycles. The lowest BCUT2D eigenvalue weighted by Gasteiger charge is -2.20. The van der Waals surface area contributed by atoms with Crippen LogP contribution in [-0.2, 0) is 5.60 Å². The molecule has 0 unspecified atom stereocenters. The highest BCUT2D eigenvalue weighted by molar-refractivity contribution is 6.36. The first-order chi connectivity index (χ1) is 10.7. The average molecular weight is 336 g/mol. The van der Waals surface area contributed by atoms with Crippen LogP contribution in [0.3, 0.4) is 0 Å². The van der Waals surface area contributed by atoms with E-state index in [1.807, 2.05) is 0 Å². The van der Waals surface area contributed by atoms with Crippen LogP contribution in [0.15, 0.2) is 35.1 Å². The highest BCUT2D eigenvalue weighted by atomic mass is 35.5. The number of hydrogen-bond donors (Lipinski definition) is 2. The van der Waals surface area contributed by atoms with Gasteiger partial charge in [0.05, 0.1) is 22.0 Å². The minimum absolute atomic E-state index is 0.140. The number of aliphatic imine (C=N–C) groups is 1. The Kier molecular flexibility index (Phi) is 4.73. The molecule has 0 saturated carbocycles. The normalized spacial score (nSPS) is 13.7. The number of allylic oxidation sites excluding steroid dienone is 2. The lowest BCUT2D eigenvalue weighted by molar-refractivity contribution is 0.0785. The van der Waals surface area contributed by atoms with E-state index in [0.717, 1.165) is 0 Å². The predicted octanol–water partition coefficient (Wildman–Crippen LogP) is 3.54. The zero-order valence-electron chi connectivity index (χ0n) is 13.5. The molecule has 0 atom stereocenters. The molecule has 0 aliphatic heterocycles. The molecule has 6 heteroatoms. The molecule has 0 aliphatic carbocycles. The molecule has 0 amide bonds. The van der Waals surface area contributed by atoms with Crippen molar-refractivity contribution >= 4 is 28.2 Å². The first-order valence-electron chi connectivity index (χ1n) is 7.10. The van der Waals surface area contributed by atoms with Gasteiger partial charge in [-0.1, -0.05) is 17.7 Å². The number of fused-ring (bicyclic) bond motifs is 1. The number of benzene rings is 1. The molecular formula is C17H19ClFN3O. The number of aromatic nitrogens is 1. The van der Waals surface area contributed by atoms with Gasteiger partial charge >= 0.3 is 0 Å². The number of pyridine rings is 1. The van der Waals surface area contributed by atoms with E-state index < -0.39 is 11.4 Å². The Morgan fingerprint density at radius 3 is 2.61 bits per heavy atom. The molecule has 1 heterocycles. The predicted molar refractivity (Wildman–Crippen MR) is 92.4 cm³/mol. The lowest BCUT2D eigenvalue weighted by Crippen LogP contribution is -2.17. The quantitative estimate of drug-likeness (QED) is 0.843. The molecule has 4 nitrogen and oxygen atoms in total. The third kappa shape index (κ3) is 3.21. The maximum Gasteiger partial charge on any atom is 0.150 e. The van der Waals surface area contributed by atoms with Gasteiger partial charge in [0, 0.05) is 29.8 Å². The lowest BCUT2D eigenvalue weighted by atomic mass is 9.97. The molecule has 0 fully saturated rings. The molecule has 0 saturated heterocycles. The van der Waals surface area contributed by atoms with E-state index in [-0.39, 0.29) is 10.5 Å². The van der Waals surface area contributed by atoms with Crippen LogP contribution in [0, 0.1) is 5.82 Å². The van der Waals surface area contributed by atoms with E-state index in [4.69, 9.17) is 17.3 Å². The van der Waals surface area contributed by atoms with E-state index in [1.165, 1.54) is 12.3 Å². The summed E-state index contributed by atoms with van der Waals surface area (Å²) in [7, 11) is 1.58. The second kappa shape index (κ2) is 6.26. The second-order valence-corrected chi connectivity index (χ2v) is 6.09. The summed E-state index contributed by atoms with van der Waals surface area (Å²) in [5.74, 6) is -0.522. The maximum atomic E-state index is 14.4. The Bertz CT molecular complexity index is 823. The van der Waals surface area contributed by atoms with E-state index in [2.05, 4.69) is 9.98 Å². The third-order valence-corrected chi connectivity index (χ3v) is 4.01. The Hall–Kier alpha value is -1.98. The van der Waals surface area contributed by atoms with Crippen LogP contribution in [0.4, 0.5) is 4.39 Å². The SMILES string of the molecule is C/C=C(/N)C(=NC)c1cc(F)c2ncc(C(C)(C)O)c(Cl)c2c1. The average Bonchev–Trinajstić information content (AvgIpc) is 2.47. The summed E-state index contributed by atoms with van der Waals surface area (Å²) in [6.07, 6.45) is 3.08. The minimum Gasteiger partial charge on any atom is -0.397 e. The molecule has 3 N–H and O–H groups in total. The summed E-state index contributed by atoms with van der Waals surface area (Å²) < 4.78 is 14.4. The highest BCUT2D eigenvalue weighted by Gasteiger charge is 2.23. The van der Waals surface area contributed by atoms with Crippen molar-refractivity contribution in [3.63, 3.8) is 0 Å². The van der Waals surface area contributed by atoms with Crippen LogP contribution >= 0.6 is 11.6 Å². The third-order valence-electron chi connectivity index (χ3n) is 3.60. The first-order valence-corrected chi connectivity index (χ1v) is 7.48. The van der Waals surface area contributed by atoms with Gasteiger partial charge in [-0.25, -0.2) is 4.39 Å². The van der Waals surface area contributed by atoms with Crippen LogP contribution in [0.5, 0.6) is 0 Å². The second-order valence-electron chi connectivity index (χ2n) is 5.72. The van der Waals surface area contributed by atoms with Crippen molar-refractivity contribution in [2.24, 2.45) is 10.7 Å². The van der Waals surface area contributed by atoms with Gasteiger partial charge in [-0.05, 0) is 32.9 Å². The number of hydrogen-bond acceptors (Lipinski definition) is 4. The van der Waals surface area contributed by atoms with E-state index in [0.29, 0.717) is 27.9 Å². The molecule has 0 aliphatic rings. The van der Waals surface area contributed by atoms with E-state index >= 15 is 0 Å². The molecule has 2 aromatic rings. The summed E-state index contributed by atoms with van der Waals surface area (Å²) in [6, 6.07) is 3.01. The molecule has 0 radical (unpaired) electrons. The fourth-order valence-corrected chi connectivity index (χ4v) is 2.78. The van der Waals surface area contributed by atoms with Crippen molar-refractivity contribution in [2.75, 3.05) is 7.05 Å². The topological polar surface area (TPSA) is 71.5 Å². The van der Waals surface area contributed by atoms with Crippen LogP contribution in [0.1, 0.15) is 31.9 Å². The minimum atomic E-state index is -1.19. The molecule has 23 heavy (non-hydrogen) atoms. The summed E-state index contributed by atoms with van der Waals surface area (Å²) in [5.41, 5.74) is 6.71. The summed E-state index contributed by atoms with van der Waals surface area (Å²) in [5, 5.41) is 10.8. The molecule has 0 bridgehead atoms. The van der Waals surface area contributed by atoms with Crippen molar-refractivity contribution in [2.45, 2.75) is 26.4 Å². The zero-order valence-corrected chi connectivity index (χ0v) is 14.2. The number of aliphatic hydroxyl groups is 1. The zero-order chi connectivity index (χ0) is 17.4. The summed E-state index contributed by atoms with van der Waals surface area (Å²) >= 11 is 6.38. The largest absolute Gasteiger partial charge is 0.397 e. The van der Waals surface area contributed by atoms with Gasteiger partial charge in [0.1, 0.15) is 11.3 Å². The van der Waals surface area contributed by atoms with Gasteiger partial charge in [0.15, 0.2) is 0 Å². The van der Waals surface area contributed by atoms with Crippen molar-refractivity contribution < 1.29 is 9.50 Å². The number of halogens is 2. The highest BCUT2D eigenvalue weighted by Crippen LogP contribution is 2.34. The Morgan fingerprint density at radius 1 is 1.43 bits per heavy atom. The van der Waals surface area contributed by atoms with Gasteiger partial charge in [-0.15, -0.1) is 0 Å². The van der Waals surface area contributed by atoms with Crippen molar-refractivity contribution in [1.29, 1.82) is 0 Å². The Labute approximate surface area is 139 Å². The fraction of sp³-hybridized carbons (Fsp3) is 0.294. The van der Waals surface area contributed by atoms with Crippen LogP contribution in [0.2, 0.25) is 5.02 Å². The van der Waals surface area contributed by atoms with Crippen molar-refractivity contribution in [3.8, 4) is 0 Å². The molecule has 1 aromatic carbocycles. The van der Waals surface area contributed by atoms with Crippen LogP contribution in [-0.4, -0.2) is 22.8 Å². The number of nitrogens with two attached hydrogens (primary N) is 1.